The predicted molar refractivity (Wildman–Crippen MR) is 78.9 cm³/mol. The van der Waals surface area contributed by atoms with Gasteiger partial charge in [0, 0.05) is 17.0 Å². The lowest BCUT2D eigenvalue weighted by atomic mass is 10.1. The van der Waals surface area contributed by atoms with Gasteiger partial charge in [-0.3, -0.25) is 9.59 Å². The molecule has 1 aromatic carbocycles. The maximum Gasteiger partial charge on any atom is 0.315 e. The minimum absolute atomic E-state index is 0.209. The summed E-state index contributed by atoms with van der Waals surface area (Å²) >= 11 is 23.4. The zero-order valence-electron chi connectivity index (χ0n) is 10.4. The van der Waals surface area contributed by atoms with Crippen LogP contribution in [0, 0.1) is 5.41 Å². The normalized spacial score (nSPS) is 23.2. The van der Waals surface area contributed by atoms with E-state index in [1.54, 1.807) is 6.92 Å². The average Bonchev–Trinajstić information content (AvgIpc) is 2.86. The molecule has 1 fully saturated rings. The van der Waals surface area contributed by atoms with E-state index in [1.165, 1.54) is 18.2 Å². The molecule has 1 saturated carbocycles. The highest BCUT2D eigenvalue weighted by Crippen LogP contribution is 2.64. The van der Waals surface area contributed by atoms with Crippen LogP contribution in [0.5, 0.6) is 0 Å². The summed E-state index contributed by atoms with van der Waals surface area (Å²) < 4.78 is 3.84. The Labute approximate surface area is 136 Å². The summed E-state index contributed by atoms with van der Waals surface area (Å²) in [6.07, 6.45) is 0.303. The number of ether oxygens (including phenoxy) is 1. The molecule has 0 N–H and O–H groups in total. The lowest BCUT2D eigenvalue weighted by molar-refractivity contribution is -0.148. The third-order valence-electron chi connectivity index (χ3n) is 3.27. The summed E-state index contributed by atoms with van der Waals surface area (Å²) in [5.74, 6) is -1.01. The smallest absolute Gasteiger partial charge is 0.315 e. The summed E-state index contributed by atoms with van der Waals surface area (Å²) in [5.41, 5.74) is -0.715. The third kappa shape index (κ3) is 2.91. The average molecular weight is 356 g/mol. The molecule has 2 rings (SSSR count). The number of benzene rings is 1. The van der Waals surface area contributed by atoms with Gasteiger partial charge in [-0.05, 0) is 25.1 Å². The van der Waals surface area contributed by atoms with Gasteiger partial charge < -0.3 is 4.74 Å². The Morgan fingerprint density at radius 3 is 2.40 bits per heavy atom. The van der Waals surface area contributed by atoms with Crippen LogP contribution >= 0.6 is 46.4 Å². The van der Waals surface area contributed by atoms with Crippen molar-refractivity contribution in [2.75, 3.05) is 6.61 Å². The van der Waals surface area contributed by atoms with Crippen LogP contribution in [0.3, 0.4) is 0 Å². The molecular weight excluding hydrogens is 346 g/mol. The largest absolute Gasteiger partial charge is 0.457 e. The first-order valence-corrected chi connectivity index (χ1v) is 7.22. The number of rotatable bonds is 4. The van der Waals surface area contributed by atoms with Crippen LogP contribution in [0.15, 0.2) is 18.2 Å². The molecule has 1 aliphatic carbocycles. The fraction of sp³-hybridized carbons (Fsp3) is 0.385. The number of carbonyl (C=O) groups excluding carboxylic acids is 2. The lowest BCUT2D eigenvalue weighted by Crippen LogP contribution is -2.24. The van der Waals surface area contributed by atoms with Gasteiger partial charge in [-0.1, -0.05) is 23.2 Å². The van der Waals surface area contributed by atoms with Crippen LogP contribution in [0.1, 0.15) is 23.7 Å². The first-order valence-electron chi connectivity index (χ1n) is 5.71. The first kappa shape index (κ1) is 15.9. The van der Waals surface area contributed by atoms with E-state index in [9.17, 15) is 9.59 Å². The second-order valence-corrected chi connectivity index (χ2v) is 7.16. The summed E-state index contributed by atoms with van der Waals surface area (Å²) in [5, 5.41) is 0.628. The SMILES string of the molecule is C[C@]1(C(=O)OCC(=O)c2ccc(Cl)cc2Cl)CC1(Cl)Cl. The summed E-state index contributed by atoms with van der Waals surface area (Å²) in [6, 6.07) is 4.46. The van der Waals surface area contributed by atoms with Gasteiger partial charge in [0.15, 0.2) is 6.61 Å². The van der Waals surface area contributed by atoms with Gasteiger partial charge in [-0.15, -0.1) is 23.2 Å². The molecule has 20 heavy (non-hydrogen) atoms. The Morgan fingerprint density at radius 1 is 1.30 bits per heavy atom. The topological polar surface area (TPSA) is 43.4 Å². The van der Waals surface area contributed by atoms with E-state index < -0.39 is 28.1 Å². The fourth-order valence-corrected chi connectivity index (χ4v) is 2.91. The predicted octanol–water partition coefficient (Wildman–Crippen LogP) is 4.30. The van der Waals surface area contributed by atoms with Gasteiger partial charge in [0.25, 0.3) is 0 Å². The quantitative estimate of drug-likeness (QED) is 0.459. The van der Waals surface area contributed by atoms with E-state index in [0.29, 0.717) is 11.4 Å². The second-order valence-electron chi connectivity index (χ2n) is 4.84. The summed E-state index contributed by atoms with van der Waals surface area (Å²) in [6.45, 7) is 1.18. The highest BCUT2D eigenvalue weighted by Gasteiger charge is 2.69. The third-order valence-corrected chi connectivity index (χ3v) is 4.92. The maximum absolute atomic E-state index is 11.9. The number of alkyl halides is 2. The van der Waals surface area contributed by atoms with Crippen LogP contribution in [0.2, 0.25) is 10.0 Å². The van der Waals surface area contributed by atoms with Crippen LogP contribution in [0.25, 0.3) is 0 Å². The number of halogens is 4. The zero-order chi connectivity index (χ0) is 15.1. The number of hydrogen-bond acceptors (Lipinski definition) is 3. The van der Waals surface area contributed by atoms with Crippen molar-refractivity contribution in [3.05, 3.63) is 33.8 Å². The van der Waals surface area contributed by atoms with Crippen molar-refractivity contribution >= 4 is 58.2 Å². The van der Waals surface area contributed by atoms with Crippen molar-refractivity contribution in [2.24, 2.45) is 5.41 Å². The molecule has 7 heteroatoms. The Bertz CT molecular complexity index is 585. The van der Waals surface area contributed by atoms with Crippen molar-refractivity contribution < 1.29 is 14.3 Å². The van der Waals surface area contributed by atoms with Gasteiger partial charge in [-0.2, -0.15) is 0 Å². The Morgan fingerprint density at radius 2 is 1.90 bits per heavy atom. The molecule has 108 valence electrons. The molecule has 1 aliphatic rings. The summed E-state index contributed by atoms with van der Waals surface area (Å²) in [4.78, 5) is 23.7. The van der Waals surface area contributed by atoms with E-state index in [4.69, 9.17) is 51.1 Å². The van der Waals surface area contributed by atoms with Crippen molar-refractivity contribution in [3.8, 4) is 0 Å². The van der Waals surface area contributed by atoms with Crippen molar-refractivity contribution in [1.82, 2.24) is 0 Å². The molecule has 3 nitrogen and oxygen atoms in total. The van der Waals surface area contributed by atoms with Gasteiger partial charge in [-0.25, -0.2) is 0 Å². The van der Waals surface area contributed by atoms with Crippen LogP contribution in [-0.2, 0) is 9.53 Å². The van der Waals surface area contributed by atoms with E-state index in [2.05, 4.69) is 0 Å². The van der Waals surface area contributed by atoms with Gasteiger partial charge in [0.2, 0.25) is 5.78 Å². The minimum Gasteiger partial charge on any atom is -0.457 e. The highest BCUT2D eigenvalue weighted by atomic mass is 35.5. The van der Waals surface area contributed by atoms with Crippen LogP contribution in [-0.4, -0.2) is 22.7 Å². The molecule has 0 aromatic heterocycles. The van der Waals surface area contributed by atoms with Gasteiger partial charge >= 0.3 is 5.97 Å². The van der Waals surface area contributed by atoms with Crippen molar-refractivity contribution in [1.29, 1.82) is 0 Å². The molecular formula is C13H10Cl4O3. The molecule has 0 spiro atoms. The fourth-order valence-electron chi connectivity index (χ4n) is 1.71. The highest BCUT2D eigenvalue weighted by molar-refractivity contribution is 6.53. The summed E-state index contributed by atoms with van der Waals surface area (Å²) in [7, 11) is 0. The van der Waals surface area contributed by atoms with Crippen molar-refractivity contribution in [2.45, 2.75) is 17.7 Å². The molecule has 0 aliphatic heterocycles. The Hall–Kier alpha value is -0.480. The number of carbonyl (C=O) groups is 2. The van der Waals surface area contributed by atoms with E-state index in [0.717, 1.165) is 0 Å². The lowest BCUT2D eigenvalue weighted by Gasteiger charge is -2.11. The molecule has 0 unspecified atom stereocenters. The molecule has 0 amide bonds. The van der Waals surface area contributed by atoms with E-state index in [1.807, 2.05) is 0 Å². The number of hydrogen-bond donors (Lipinski definition) is 0. The van der Waals surface area contributed by atoms with Gasteiger partial charge in [0.1, 0.15) is 9.75 Å². The van der Waals surface area contributed by atoms with Crippen molar-refractivity contribution in [3.63, 3.8) is 0 Å². The minimum atomic E-state index is -1.12. The maximum atomic E-state index is 11.9. The molecule has 1 aromatic rings. The van der Waals surface area contributed by atoms with E-state index >= 15 is 0 Å². The monoisotopic (exact) mass is 354 g/mol. The Balaban J connectivity index is 1.98. The van der Waals surface area contributed by atoms with Crippen LogP contribution < -0.4 is 0 Å². The standard InChI is InChI=1S/C13H10Cl4O3/c1-12(6-13(12,16)17)11(19)20-5-10(18)8-3-2-7(14)4-9(8)15/h2-4H,5-6H2,1H3/t12-/m1/s1. The first-order chi connectivity index (χ1) is 9.17. The van der Waals surface area contributed by atoms with Crippen LogP contribution in [0.4, 0.5) is 0 Å². The molecule has 1 atom stereocenters. The molecule has 0 radical (unpaired) electrons. The zero-order valence-corrected chi connectivity index (χ0v) is 13.4. The number of esters is 1. The number of ketones is 1. The molecule has 0 bridgehead atoms. The van der Waals surface area contributed by atoms with E-state index in [-0.39, 0.29) is 10.6 Å². The molecule has 0 heterocycles. The Kier molecular flexibility index (Phi) is 4.27. The second kappa shape index (κ2) is 5.38. The van der Waals surface area contributed by atoms with Gasteiger partial charge in [0.05, 0.1) is 5.02 Å². The number of Topliss-reactive ketones (excluding diaryl/α,β-unsaturated/α-hetero) is 1. The molecule has 0 saturated heterocycles.